The normalized spacial score (nSPS) is 11.0. The summed E-state index contributed by atoms with van der Waals surface area (Å²) in [7, 11) is 0. The van der Waals surface area contributed by atoms with Crippen molar-refractivity contribution in [3.8, 4) is 0 Å². The van der Waals surface area contributed by atoms with Crippen LogP contribution in [0.4, 0.5) is 14.5 Å². The third-order valence-electron chi connectivity index (χ3n) is 4.60. The van der Waals surface area contributed by atoms with Gasteiger partial charge in [-0.25, -0.2) is 23.5 Å². The summed E-state index contributed by atoms with van der Waals surface area (Å²) in [6.07, 6.45) is 2.58. The molecule has 162 valence electrons. The standard InChI is InChI=1S/C21H14ClF2N5O3/c22-15-9-14(5-6-16(15)24)27-17(30)11-28-19-18(25-7-8-26-19)20(31)29(21(28)32)10-12-1-3-13(23)4-2-12/h1-9H,10-11H2,(H,27,30). The monoisotopic (exact) mass is 457 g/mol. The maximum atomic E-state index is 13.3. The van der Waals surface area contributed by atoms with Crippen molar-refractivity contribution >= 4 is 34.4 Å². The summed E-state index contributed by atoms with van der Waals surface area (Å²) >= 11 is 5.72. The molecule has 2 heterocycles. The molecule has 0 spiro atoms. The van der Waals surface area contributed by atoms with Crippen molar-refractivity contribution in [3.05, 3.63) is 97.9 Å². The quantitative estimate of drug-likeness (QED) is 0.496. The van der Waals surface area contributed by atoms with E-state index in [9.17, 15) is 23.2 Å². The first kappa shape index (κ1) is 21.3. The number of benzene rings is 2. The average molecular weight is 458 g/mol. The van der Waals surface area contributed by atoms with Crippen molar-refractivity contribution in [2.75, 3.05) is 5.32 Å². The summed E-state index contributed by atoms with van der Waals surface area (Å²) in [5, 5.41) is 2.34. The molecule has 8 nitrogen and oxygen atoms in total. The van der Waals surface area contributed by atoms with Crippen LogP contribution in [0.15, 0.2) is 64.4 Å². The van der Waals surface area contributed by atoms with E-state index in [-0.39, 0.29) is 28.4 Å². The second-order valence-electron chi connectivity index (χ2n) is 6.79. The van der Waals surface area contributed by atoms with E-state index in [2.05, 4.69) is 15.3 Å². The third-order valence-corrected chi connectivity index (χ3v) is 4.89. The van der Waals surface area contributed by atoms with Crippen LogP contribution in [0.3, 0.4) is 0 Å². The smallest absolute Gasteiger partial charge is 0.324 e. The Morgan fingerprint density at radius 3 is 2.44 bits per heavy atom. The molecule has 4 rings (SSSR count). The number of hydrogen-bond donors (Lipinski definition) is 1. The van der Waals surface area contributed by atoms with Gasteiger partial charge in [0.1, 0.15) is 18.2 Å². The Balaban J connectivity index is 1.73. The number of rotatable bonds is 5. The lowest BCUT2D eigenvalue weighted by Crippen LogP contribution is -2.42. The van der Waals surface area contributed by atoms with Gasteiger partial charge in [0.05, 0.1) is 11.6 Å². The molecule has 0 bridgehead atoms. The maximum Gasteiger partial charge on any atom is 0.333 e. The molecule has 0 aliphatic carbocycles. The molecule has 11 heteroatoms. The molecule has 0 radical (unpaired) electrons. The van der Waals surface area contributed by atoms with Crippen molar-refractivity contribution < 1.29 is 13.6 Å². The number of carbonyl (C=O) groups excluding carboxylic acids is 1. The summed E-state index contributed by atoms with van der Waals surface area (Å²) in [4.78, 5) is 46.6. The Hall–Kier alpha value is -3.92. The molecular formula is C21H14ClF2N5O3. The van der Waals surface area contributed by atoms with Gasteiger partial charge in [0, 0.05) is 18.1 Å². The van der Waals surface area contributed by atoms with Crippen molar-refractivity contribution in [2.24, 2.45) is 0 Å². The molecule has 0 saturated carbocycles. The maximum absolute atomic E-state index is 13.3. The molecule has 0 atom stereocenters. The molecule has 1 amide bonds. The van der Waals surface area contributed by atoms with Crippen LogP contribution < -0.4 is 16.6 Å². The first-order valence-electron chi connectivity index (χ1n) is 9.27. The highest BCUT2D eigenvalue weighted by molar-refractivity contribution is 6.31. The van der Waals surface area contributed by atoms with Crippen LogP contribution in [0.25, 0.3) is 11.2 Å². The average Bonchev–Trinajstić information content (AvgIpc) is 2.78. The van der Waals surface area contributed by atoms with Crippen LogP contribution in [0.5, 0.6) is 0 Å². The van der Waals surface area contributed by atoms with Crippen LogP contribution in [-0.4, -0.2) is 25.0 Å². The highest BCUT2D eigenvalue weighted by Crippen LogP contribution is 2.19. The second-order valence-corrected chi connectivity index (χ2v) is 7.20. The number of aromatic nitrogens is 4. The zero-order valence-electron chi connectivity index (χ0n) is 16.3. The third kappa shape index (κ3) is 4.26. The summed E-state index contributed by atoms with van der Waals surface area (Å²) in [6, 6.07) is 8.94. The van der Waals surface area contributed by atoms with E-state index in [0.29, 0.717) is 5.56 Å². The van der Waals surface area contributed by atoms with Crippen LogP contribution in [0.2, 0.25) is 5.02 Å². The number of carbonyl (C=O) groups is 1. The number of anilines is 1. The number of hydrogen-bond acceptors (Lipinski definition) is 5. The fraction of sp³-hybridized carbons (Fsp3) is 0.0952. The van der Waals surface area contributed by atoms with Crippen LogP contribution in [0.1, 0.15) is 5.56 Å². The molecule has 1 N–H and O–H groups in total. The number of nitrogens with zero attached hydrogens (tertiary/aromatic N) is 4. The van der Waals surface area contributed by atoms with Gasteiger partial charge in [-0.2, -0.15) is 0 Å². The van der Waals surface area contributed by atoms with E-state index in [4.69, 9.17) is 11.6 Å². The van der Waals surface area contributed by atoms with E-state index in [1.54, 1.807) is 0 Å². The molecule has 32 heavy (non-hydrogen) atoms. The Kier molecular flexibility index (Phi) is 5.78. The lowest BCUT2D eigenvalue weighted by Gasteiger charge is -2.13. The summed E-state index contributed by atoms with van der Waals surface area (Å²) in [5.74, 6) is -1.73. The van der Waals surface area contributed by atoms with Crippen LogP contribution in [0, 0.1) is 11.6 Å². The number of halogens is 3. The number of amides is 1. The largest absolute Gasteiger partial charge is 0.333 e. The Morgan fingerprint density at radius 2 is 1.72 bits per heavy atom. The zero-order valence-corrected chi connectivity index (χ0v) is 17.0. The van der Waals surface area contributed by atoms with Gasteiger partial charge >= 0.3 is 5.69 Å². The van der Waals surface area contributed by atoms with Gasteiger partial charge in [-0.1, -0.05) is 23.7 Å². The van der Waals surface area contributed by atoms with Gasteiger partial charge in [0.25, 0.3) is 5.56 Å². The van der Waals surface area contributed by atoms with Crippen LogP contribution >= 0.6 is 11.6 Å². The molecule has 2 aromatic carbocycles. The fourth-order valence-electron chi connectivity index (χ4n) is 3.10. The Morgan fingerprint density at radius 1 is 1.00 bits per heavy atom. The zero-order chi connectivity index (χ0) is 22.8. The SMILES string of the molecule is O=C(Cn1c(=O)n(Cc2ccc(F)cc2)c(=O)c2nccnc21)Nc1ccc(F)c(Cl)c1. The molecular weight excluding hydrogens is 444 g/mol. The van der Waals surface area contributed by atoms with Crippen molar-refractivity contribution in [1.29, 1.82) is 0 Å². The van der Waals surface area contributed by atoms with Gasteiger partial charge < -0.3 is 5.32 Å². The predicted octanol–water partition coefficient (Wildman–Crippen LogP) is 2.57. The molecule has 0 saturated heterocycles. The van der Waals surface area contributed by atoms with E-state index in [0.717, 1.165) is 15.2 Å². The molecule has 4 aromatic rings. The Bertz CT molecular complexity index is 1450. The van der Waals surface area contributed by atoms with Crippen LogP contribution in [-0.2, 0) is 17.9 Å². The number of nitrogens with one attached hydrogen (secondary N) is 1. The van der Waals surface area contributed by atoms with E-state index in [1.807, 2.05) is 0 Å². The van der Waals surface area contributed by atoms with Gasteiger partial charge in [0.15, 0.2) is 11.2 Å². The molecule has 0 unspecified atom stereocenters. The lowest BCUT2D eigenvalue weighted by molar-refractivity contribution is -0.116. The molecule has 2 aromatic heterocycles. The summed E-state index contributed by atoms with van der Waals surface area (Å²) in [6.45, 7) is -0.646. The van der Waals surface area contributed by atoms with Gasteiger partial charge in [-0.05, 0) is 35.9 Å². The van der Waals surface area contributed by atoms with Gasteiger partial charge in [0.2, 0.25) is 5.91 Å². The van der Waals surface area contributed by atoms with Crippen molar-refractivity contribution in [1.82, 2.24) is 19.1 Å². The highest BCUT2D eigenvalue weighted by atomic mass is 35.5. The van der Waals surface area contributed by atoms with Gasteiger partial charge in [-0.15, -0.1) is 0 Å². The van der Waals surface area contributed by atoms with E-state index in [1.165, 1.54) is 48.8 Å². The second kappa shape index (κ2) is 8.67. The van der Waals surface area contributed by atoms with E-state index >= 15 is 0 Å². The molecule has 0 aliphatic heterocycles. The molecule has 0 fully saturated rings. The minimum absolute atomic E-state index is 0.0647. The fourth-order valence-corrected chi connectivity index (χ4v) is 3.28. The number of fused-ring (bicyclic) bond motifs is 1. The topological polar surface area (TPSA) is 98.9 Å². The minimum atomic E-state index is -0.792. The highest BCUT2D eigenvalue weighted by Gasteiger charge is 2.18. The lowest BCUT2D eigenvalue weighted by atomic mass is 10.2. The Labute approximate surface area is 183 Å². The first-order valence-corrected chi connectivity index (χ1v) is 9.65. The first-order chi connectivity index (χ1) is 15.3. The minimum Gasteiger partial charge on any atom is -0.324 e. The van der Waals surface area contributed by atoms with Crippen molar-refractivity contribution in [2.45, 2.75) is 13.1 Å². The molecule has 0 aliphatic rings. The summed E-state index contributed by atoms with van der Waals surface area (Å²) < 4.78 is 28.4. The summed E-state index contributed by atoms with van der Waals surface area (Å²) in [5.41, 5.74) is -0.920. The van der Waals surface area contributed by atoms with Gasteiger partial charge in [-0.3, -0.25) is 18.7 Å². The van der Waals surface area contributed by atoms with E-state index < -0.39 is 35.3 Å². The van der Waals surface area contributed by atoms with Crippen molar-refractivity contribution in [3.63, 3.8) is 0 Å². The predicted molar refractivity (Wildman–Crippen MR) is 114 cm³/mol.